The van der Waals surface area contributed by atoms with E-state index in [1.165, 1.54) is 0 Å². The number of amides is 2. The van der Waals surface area contributed by atoms with Crippen molar-refractivity contribution in [2.75, 3.05) is 43.1 Å². The van der Waals surface area contributed by atoms with Crippen molar-refractivity contribution in [1.29, 1.82) is 0 Å². The Bertz CT molecular complexity index is 482. The Morgan fingerprint density at radius 3 is 2.52 bits per heavy atom. The summed E-state index contributed by atoms with van der Waals surface area (Å²) < 4.78 is 10.9. The van der Waals surface area contributed by atoms with Crippen LogP contribution in [0.25, 0.3) is 0 Å². The third-order valence-corrected chi connectivity index (χ3v) is 3.65. The topological polar surface area (TPSA) is 62.8 Å². The van der Waals surface area contributed by atoms with E-state index in [2.05, 4.69) is 29.4 Å². The molecule has 6 heteroatoms. The van der Waals surface area contributed by atoms with Gasteiger partial charge >= 0.3 is 6.03 Å². The van der Waals surface area contributed by atoms with E-state index in [0.29, 0.717) is 19.8 Å². The second-order valence-corrected chi connectivity index (χ2v) is 5.79. The fourth-order valence-electron chi connectivity index (χ4n) is 2.70. The minimum atomic E-state index is -0.217. The smallest absolute Gasteiger partial charge is 0.319 e. The predicted octanol–water partition coefficient (Wildman–Crippen LogP) is 2.46. The minimum Gasteiger partial charge on any atom is -0.380 e. The zero-order valence-electron chi connectivity index (χ0n) is 14.2. The van der Waals surface area contributed by atoms with Crippen LogP contribution in [0.4, 0.5) is 16.2 Å². The van der Waals surface area contributed by atoms with Crippen molar-refractivity contribution in [2.24, 2.45) is 0 Å². The van der Waals surface area contributed by atoms with Crippen LogP contribution in [0.2, 0.25) is 0 Å². The molecule has 6 nitrogen and oxygen atoms in total. The molecule has 1 aliphatic heterocycles. The summed E-state index contributed by atoms with van der Waals surface area (Å²) >= 11 is 0. The van der Waals surface area contributed by atoms with Gasteiger partial charge in [0.2, 0.25) is 0 Å². The van der Waals surface area contributed by atoms with Gasteiger partial charge in [-0.3, -0.25) is 0 Å². The van der Waals surface area contributed by atoms with E-state index in [1.54, 1.807) is 0 Å². The molecule has 0 radical (unpaired) electrons. The average Bonchev–Trinajstić information content (AvgIpc) is 2.51. The van der Waals surface area contributed by atoms with Gasteiger partial charge in [-0.15, -0.1) is 0 Å². The average molecular weight is 321 g/mol. The number of morpholine rings is 1. The summed E-state index contributed by atoms with van der Waals surface area (Å²) in [4.78, 5) is 14.1. The van der Waals surface area contributed by atoms with Crippen LogP contribution in [0.5, 0.6) is 0 Å². The number of rotatable bonds is 6. The van der Waals surface area contributed by atoms with E-state index in [4.69, 9.17) is 9.47 Å². The van der Waals surface area contributed by atoms with Gasteiger partial charge in [0, 0.05) is 37.6 Å². The van der Waals surface area contributed by atoms with Gasteiger partial charge in [-0.2, -0.15) is 0 Å². The Balaban J connectivity index is 1.83. The first-order chi connectivity index (χ1) is 11.1. The van der Waals surface area contributed by atoms with Crippen molar-refractivity contribution < 1.29 is 14.3 Å². The fourth-order valence-corrected chi connectivity index (χ4v) is 2.70. The van der Waals surface area contributed by atoms with Crippen molar-refractivity contribution in [3.05, 3.63) is 24.3 Å². The molecule has 0 unspecified atom stereocenters. The molecular weight excluding hydrogens is 294 g/mol. The Morgan fingerprint density at radius 2 is 1.91 bits per heavy atom. The predicted molar refractivity (Wildman–Crippen MR) is 92.2 cm³/mol. The van der Waals surface area contributed by atoms with Crippen LogP contribution >= 0.6 is 0 Å². The van der Waals surface area contributed by atoms with E-state index >= 15 is 0 Å². The van der Waals surface area contributed by atoms with Gasteiger partial charge in [-0.25, -0.2) is 4.79 Å². The van der Waals surface area contributed by atoms with Gasteiger partial charge in [0.25, 0.3) is 0 Å². The maximum atomic E-state index is 11.7. The number of urea groups is 1. The fraction of sp³-hybridized carbons (Fsp3) is 0.588. The van der Waals surface area contributed by atoms with Crippen LogP contribution in [0.1, 0.15) is 20.8 Å². The Morgan fingerprint density at radius 1 is 1.26 bits per heavy atom. The van der Waals surface area contributed by atoms with Gasteiger partial charge in [-0.1, -0.05) is 0 Å². The molecule has 0 bridgehead atoms. The van der Waals surface area contributed by atoms with E-state index in [0.717, 1.165) is 24.5 Å². The Labute approximate surface area is 138 Å². The largest absolute Gasteiger partial charge is 0.380 e. The van der Waals surface area contributed by atoms with Crippen molar-refractivity contribution in [3.63, 3.8) is 0 Å². The van der Waals surface area contributed by atoms with Crippen LogP contribution in [-0.2, 0) is 9.47 Å². The number of carbonyl (C=O) groups is 1. The van der Waals surface area contributed by atoms with Crippen LogP contribution in [0, 0.1) is 0 Å². The first kappa shape index (κ1) is 17.6. The van der Waals surface area contributed by atoms with E-state index in [9.17, 15) is 4.79 Å². The summed E-state index contributed by atoms with van der Waals surface area (Å²) in [6.45, 7) is 9.55. The molecule has 2 atom stereocenters. The number of anilines is 2. The quantitative estimate of drug-likeness (QED) is 0.790. The number of carbonyl (C=O) groups excluding carboxylic acids is 1. The third-order valence-electron chi connectivity index (χ3n) is 3.65. The number of ether oxygens (including phenoxy) is 2. The molecule has 1 fully saturated rings. The lowest BCUT2D eigenvalue weighted by Crippen LogP contribution is -2.45. The molecule has 128 valence electrons. The summed E-state index contributed by atoms with van der Waals surface area (Å²) in [5.41, 5.74) is 1.92. The molecule has 23 heavy (non-hydrogen) atoms. The normalized spacial score (nSPS) is 21.1. The lowest BCUT2D eigenvalue weighted by atomic mass is 10.2. The number of nitrogens with one attached hydrogen (secondary N) is 2. The molecular formula is C17H27N3O3. The minimum absolute atomic E-state index is 0.217. The van der Waals surface area contributed by atoms with Crippen LogP contribution in [0.15, 0.2) is 24.3 Å². The second-order valence-electron chi connectivity index (χ2n) is 5.79. The van der Waals surface area contributed by atoms with Gasteiger partial charge < -0.3 is 25.0 Å². The summed E-state index contributed by atoms with van der Waals surface area (Å²) in [5, 5.41) is 5.57. The Kier molecular flexibility index (Phi) is 6.67. The maximum absolute atomic E-state index is 11.7. The summed E-state index contributed by atoms with van der Waals surface area (Å²) in [7, 11) is 0. The van der Waals surface area contributed by atoms with Crippen molar-refractivity contribution in [2.45, 2.75) is 33.0 Å². The van der Waals surface area contributed by atoms with Crippen molar-refractivity contribution in [3.8, 4) is 0 Å². The summed E-state index contributed by atoms with van der Waals surface area (Å²) in [6, 6.07) is 7.68. The van der Waals surface area contributed by atoms with Gasteiger partial charge in [0.05, 0.1) is 18.8 Å². The van der Waals surface area contributed by atoms with Gasteiger partial charge in [-0.05, 0) is 45.0 Å². The third kappa shape index (κ3) is 5.73. The van der Waals surface area contributed by atoms with Crippen molar-refractivity contribution in [1.82, 2.24) is 5.32 Å². The highest BCUT2D eigenvalue weighted by Gasteiger charge is 2.22. The number of hydrogen-bond donors (Lipinski definition) is 2. The number of nitrogens with zero attached hydrogens (tertiary/aromatic N) is 1. The number of hydrogen-bond acceptors (Lipinski definition) is 4. The summed E-state index contributed by atoms with van der Waals surface area (Å²) in [5.74, 6) is 0. The van der Waals surface area contributed by atoms with E-state index in [-0.39, 0.29) is 18.2 Å². The standard InChI is InChI=1S/C17H27N3O3/c1-4-22-10-9-18-17(21)19-15-5-7-16(8-6-15)20-11-13(2)23-14(3)12-20/h5-8,13-14H,4,9-12H2,1-3H3,(H2,18,19,21)/t13-,14-/m0/s1. The second kappa shape index (κ2) is 8.74. The van der Waals surface area contributed by atoms with Gasteiger partial charge in [0.15, 0.2) is 0 Å². The molecule has 2 N–H and O–H groups in total. The van der Waals surface area contributed by atoms with Crippen LogP contribution < -0.4 is 15.5 Å². The first-order valence-electron chi connectivity index (χ1n) is 8.21. The van der Waals surface area contributed by atoms with Crippen molar-refractivity contribution >= 4 is 17.4 Å². The highest BCUT2D eigenvalue weighted by molar-refractivity contribution is 5.89. The molecule has 2 amide bonds. The molecule has 0 spiro atoms. The lowest BCUT2D eigenvalue weighted by molar-refractivity contribution is -0.00521. The SMILES string of the molecule is CCOCCNC(=O)Nc1ccc(N2C[C@H](C)O[C@@H](C)C2)cc1. The maximum Gasteiger partial charge on any atom is 0.319 e. The molecule has 1 saturated heterocycles. The molecule has 1 aromatic rings. The first-order valence-corrected chi connectivity index (χ1v) is 8.21. The van der Waals surface area contributed by atoms with E-state index in [1.807, 2.05) is 31.2 Å². The lowest BCUT2D eigenvalue weighted by Gasteiger charge is -2.36. The van der Waals surface area contributed by atoms with Crippen LogP contribution in [-0.4, -0.2) is 51.1 Å². The zero-order valence-corrected chi connectivity index (χ0v) is 14.2. The molecule has 2 rings (SSSR count). The summed E-state index contributed by atoms with van der Waals surface area (Å²) in [6.07, 6.45) is 0.459. The van der Waals surface area contributed by atoms with Crippen LogP contribution in [0.3, 0.4) is 0 Å². The number of benzene rings is 1. The molecule has 0 aliphatic carbocycles. The van der Waals surface area contributed by atoms with Gasteiger partial charge in [0.1, 0.15) is 0 Å². The molecule has 1 aliphatic rings. The zero-order chi connectivity index (χ0) is 16.7. The molecule has 1 aromatic carbocycles. The Hall–Kier alpha value is -1.79. The van der Waals surface area contributed by atoms with E-state index < -0.39 is 0 Å². The highest BCUT2D eigenvalue weighted by Crippen LogP contribution is 2.22. The molecule has 0 aromatic heterocycles. The molecule has 0 saturated carbocycles. The molecule has 1 heterocycles. The highest BCUT2D eigenvalue weighted by atomic mass is 16.5. The monoisotopic (exact) mass is 321 g/mol.